The zero-order chi connectivity index (χ0) is 9.97. The van der Waals surface area contributed by atoms with Crippen molar-refractivity contribution in [3.8, 4) is 0 Å². The van der Waals surface area contributed by atoms with Gasteiger partial charge in [0.1, 0.15) is 0 Å². The predicted molar refractivity (Wildman–Crippen MR) is 62.0 cm³/mol. The minimum absolute atomic E-state index is 0.835. The molecule has 0 amide bonds. The highest BCUT2D eigenvalue weighted by atomic mass is 14.5. The number of rotatable bonds is 0. The summed E-state index contributed by atoms with van der Waals surface area (Å²) in [4.78, 5) is 0. The van der Waals surface area contributed by atoms with E-state index in [2.05, 4.69) is 31.2 Å². The van der Waals surface area contributed by atoms with Gasteiger partial charge in [0, 0.05) is 5.69 Å². The first-order chi connectivity index (χ1) is 6.77. The van der Waals surface area contributed by atoms with Crippen LogP contribution in [0.5, 0.6) is 0 Å². The van der Waals surface area contributed by atoms with Crippen LogP contribution in [0.15, 0.2) is 30.4 Å². The van der Waals surface area contributed by atoms with Crippen LogP contribution in [0.25, 0.3) is 11.6 Å². The number of hydrogen-bond acceptors (Lipinski definition) is 1. The molecular weight excluding hydrogens is 170 g/mol. The average Bonchev–Trinajstić information content (AvgIpc) is 2.14. The van der Waals surface area contributed by atoms with E-state index >= 15 is 0 Å². The second kappa shape index (κ2) is 3.70. The lowest BCUT2D eigenvalue weighted by Gasteiger charge is -2.03. The summed E-state index contributed by atoms with van der Waals surface area (Å²) in [6.07, 6.45) is 8.72. The normalized spacial score (nSPS) is 15.4. The van der Waals surface area contributed by atoms with Gasteiger partial charge < -0.3 is 5.73 Å². The van der Waals surface area contributed by atoms with Crippen molar-refractivity contribution in [3.05, 3.63) is 40.8 Å². The molecule has 0 bridgehead atoms. The van der Waals surface area contributed by atoms with Gasteiger partial charge in [0.05, 0.1) is 0 Å². The van der Waals surface area contributed by atoms with E-state index < -0.39 is 0 Å². The van der Waals surface area contributed by atoms with Crippen LogP contribution in [0, 0.1) is 0 Å². The fourth-order valence-electron chi connectivity index (χ4n) is 1.81. The summed E-state index contributed by atoms with van der Waals surface area (Å²) in [7, 11) is 0. The van der Waals surface area contributed by atoms with Crippen LogP contribution in [0.4, 0.5) is 5.69 Å². The number of nitrogen functional groups attached to an aromatic ring is 1. The largest absolute Gasteiger partial charge is 0.399 e. The second-order valence-corrected chi connectivity index (χ2v) is 3.76. The SMILES string of the molecule is CC1=c2ccc(N)cc2=CC=CCC1. The maximum Gasteiger partial charge on any atom is 0.0320 e. The van der Waals surface area contributed by atoms with E-state index in [0.717, 1.165) is 18.5 Å². The first kappa shape index (κ1) is 9.07. The van der Waals surface area contributed by atoms with Crippen LogP contribution < -0.4 is 16.2 Å². The van der Waals surface area contributed by atoms with Gasteiger partial charge in [0.2, 0.25) is 0 Å². The van der Waals surface area contributed by atoms with Crippen molar-refractivity contribution < 1.29 is 0 Å². The molecule has 0 saturated heterocycles. The Balaban J connectivity index is 2.80. The minimum Gasteiger partial charge on any atom is -0.399 e. The van der Waals surface area contributed by atoms with E-state index in [4.69, 9.17) is 5.73 Å². The van der Waals surface area contributed by atoms with Crippen molar-refractivity contribution in [1.29, 1.82) is 0 Å². The Morgan fingerprint density at radius 3 is 3.00 bits per heavy atom. The molecule has 0 aliphatic heterocycles. The molecule has 0 heterocycles. The maximum absolute atomic E-state index is 5.76. The van der Waals surface area contributed by atoms with E-state index in [1.54, 1.807) is 0 Å². The van der Waals surface area contributed by atoms with Gasteiger partial charge in [-0.15, -0.1) is 0 Å². The summed E-state index contributed by atoms with van der Waals surface area (Å²) in [6.45, 7) is 2.20. The van der Waals surface area contributed by atoms with Crippen molar-refractivity contribution in [2.24, 2.45) is 0 Å². The number of anilines is 1. The molecule has 1 aromatic carbocycles. The van der Waals surface area contributed by atoms with Crippen molar-refractivity contribution in [2.45, 2.75) is 19.8 Å². The van der Waals surface area contributed by atoms with Gasteiger partial charge in [-0.3, -0.25) is 0 Å². The fourth-order valence-corrected chi connectivity index (χ4v) is 1.81. The number of nitrogens with two attached hydrogens (primary N) is 1. The van der Waals surface area contributed by atoms with Gasteiger partial charge in [-0.25, -0.2) is 0 Å². The third-order valence-electron chi connectivity index (χ3n) is 2.63. The van der Waals surface area contributed by atoms with Crippen LogP contribution in [-0.4, -0.2) is 0 Å². The lowest BCUT2D eigenvalue weighted by Crippen LogP contribution is -2.26. The molecule has 2 rings (SSSR count). The molecule has 0 saturated carbocycles. The first-order valence-corrected chi connectivity index (χ1v) is 4.99. The number of allylic oxidation sites excluding steroid dienone is 2. The quantitative estimate of drug-likeness (QED) is 0.610. The molecule has 72 valence electrons. The zero-order valence-corrected chi connectivity index (χ0v) is 8.46. The van der Waals surface area contributed by atoms with E-state index in [1.165, 1.54) is 16.0 Å². The maximum atomic E-state index is 5.76. The fraction of sp³-hybridized carbons (Fsp3) is 0.231. The Bertz CT molecular complexity index is 480. The third kappa shape index (κ3) is 1.72. The van der Waals surface area contributed by atoms with Crippen molar-refractivity contribution in [2.75, 3.05) is 5.73 Å². The summed E-state index contributed by atoms with van der Waals surface area (Å²) in [5, 5.41) is 2.57. The topological polar surface area (TPSA) is 26.0 Å². The van der Waals surface area contributed by atoms with Gasteiger partial charge in [-0.05, 0) is 42.3 Å². The monoisotopic (exact) mass is 185 g/mol. The van der Waals surface area contributed by atoms with Crippen LogP contribution >= 0.6 is 0 Å². The Kier molecular flexibility index (Phi) is 2.40. The standard InChI is InChI=1S/C13H15N/c1-10-5-3-2-4-6-11-9-12(14)7-8-13(10)11/h2,4,6-9H,3,5,14H2,1H3. The van der Waals surface area contributed by atoms with E-state index in [0.29, 0.717) is 0 Å². The number of hydrogen-bond donors (Lipinski definition) is 1. The Morgan fingerprint density at radius 1 is 1.29 bits per heavy atom. The summed E-state index contributed by atoms with van der Waals surface area (Å²) < 4.78 is 0. The molecule has 2 N–H and O–H groups in total. The minimum atomic E-state index is 0.835. The molecule has 0 atom stereocenters. The molecule has 0 radical (unpaired) electrons. The molecular formula is C13H15N. The van der Waals surface area contributed by atoms with Crippen LogP contribution in [0.3, 0.4) is 0 Å². The molecule has 14 heavy (non-hydrogen) atoms. The summed E-state index contributed by atoms with van der Waals surface area (Å²) in [6, 6.07) is 6.13. The lowest BCUT2D eigenvalue weighted by molar-refractivity contribution is 1.05. The van der Waals surface area contributed by atoms with Gasteiger partial charge in [0.25, 0.3) is 0 Å². The zero-order valence-electron chi connectivity index (χ0n) is 8.46. The highest BCUT2D eigenvalue weighted by Gasteiger charge is 1.95. The molecule has 0 spiro atoms. The van der Waals surface area contributed by atoms with Crippen molar-refractivity contribution in [3.63, 3.8) is 0 Å². The molecule has 0 aromatic heterocycles. The smallest absolute Gasteiger partial charge is 0.0320 e. The molecule has 1 aliphatic rings. The summed E-state index contributed by atoms with van der Waals surface area (Å²) in [5.41, 5.74) is 8.04. The Labute approximate surface area is 84.3 Å². The summed E-state index contributed by atoms with van der Waals surface area (Å²) >= 11 is 0. The van der Waals surface area contributed by atoms with Crippen LogP contribution in [0.1, 0.15) is 19.8 Å². The van der Waals surface area contributed by atoms with Crippen LogP contribution in [0.2, 0.25) is 0 Å². The number of benzene rings is 1. The van der Waals surface area contributed by atoms with Crippen molar-refractivity contribution in [1.82, 2.24) is 0 Å². The Morgan fingerprint density at radius 2 is 2.14 bits per heavy atom. The molecule has 0 fully saturated rings. The van der Waals surface area contributed by atoms with E-state index in [1.807, 2.05) is 12.1 Å². The number of fused-ring (bicyclic) bond motifs is 1. The molecule has 1 heteroatoms. The van der Waals surface area contributed by atoms with E-state index in [-0.39, 0.29) is 0 Å². The van der Waals surface area contributed by atoms with Gasteiger partial charge in [-0.1, -0.05) is 29.9 Å². The molecule has 1 aromatic rings. The highest BCUT2D eigenvalue weighted by molar-refractivity contribution is 5.52. The van der Waals surface area contributed by atoms with Gasteiger partial charge in [0.15, 0.2) is 0 Å². The van der Waals surface area contributed by atoms with Crippen LogP contribution in [-0.2, 0) is 0 Å². The third-order valence-corrected chi connectivity index (χ3v) is 2.63. The summed E-state index contributed by atoms with van der Waals surface area (Å²) in [5.74, 6) is 0. The second-order valence-electron chi connectivity index (χ2n) is 3.76. The predicted octanol–water partition coefficient (Wildman–Crippen LogP) is 1.57. The first-order valence-electron chi connectivity index (χ1n) is 4.99. The Hall–Kier alpha value is -1.50. The van der Waals surface area contributed by atoms with Gasteiger partial charge >= 0.3 is 0 Å². The molecule has 1 aliphatic carbocycles. The van der Waals surface area contributed by atoms with E-state index in [9.17, 15) is 0 Å². The molecule has 1 nitrogen and oxygen atoms in total. The van der Waals surface area contributed by atoms with Crippen molar-refractivity contribution >= 4 is 17.3 Å². The highest BCUT2D eigenvalue weighted by Crippen LogP contribution is 2.05. The lowest BCUT2D eigenvalue weighted by atomic mass is 10.0. The van der Waals surface area contributed by atoms with Gasteiger partial charge in [-0.2, -0.15) is 0 Å². The molecule has 0 unspecified atom stereocenters. The average molecular weight is 185 g/mol.